The molecular formula is C139H94N8. The van der Waals surface area contributed by atoms with Crippen molar-refractivity contribution >= 4 is 131 Å². The summed E-state index contributed by atoms with van der Waals surface area (Å²) in [4.78, 5) is 11.6. The Morgan fingerprint density at radius 1 is 0.143 bits per heavy atom. The molecule has 21 aromatic carbocycles. The van der Waals surface area contributed by atoms with Crippen molar-refractivity contribution in [3.8, 4) is 135 Å². The van der Waals surface area contributed by atoms with Crippen LogP contribution in [0.4, 0.5) is 0 Å². The van der Waals surface area contributed by atoms with Gasteiger partial charge in [0.05, 0.1) is 77.6 Å². The Hall–Kier alpha value is -18.5. The number of nitrogens with zero attached hydrogens (tertiary/aromatic N) is 8. The van der Waals surface area contributed by atoms with E-state index in [0.29, 0.717) is 5.82 Å². The van der Waals surface area contributed by atoms with E-state index in [1.165, 1.54) is 164 Å². The van der Waals surface area contributed by atoms with Crippen LogP contribution in [0.3, 0.4) is 0 Å². The highest BCUT2D eigenvalue weighted by molar-refractivity contribution is 6.17. The molecule has 0 amide bonds. The predicted molar refractivity (Wildman–Crippen MR) is 613 cm³/mol. The van der Waals surface area contributed by atoms with Gasteiger partial charge in [0.2, 0.25) is 0 Å². The Morgan fingerprint density at radius 3 is 0.673 bits per heavy atom. The van der Waals surface area contributed by atoms with Crippen molar-refractivity contribution in [2.45, 2.75) is 57.8 Å². The molecule has 147 heavy (non-hydrogen) atoms. The standard InChI is InChI=1S/C139H94N8/c1-137(2)116-40-16-7-31-98(116)101-68-59-95(79-119(101)137)145-127-46-22-13-37-107(127)113-65-54-87(76-133(113)145)84-51-62-110-104-34-10-19-43-124(104)142(130(110)73-84)92-57-49-83(50-58-92)122-82-123(90-27-25-29-93(71-90)143-125-44-20-11-35-105(125)111-63-52-85(74-131(111)143)88-55-66-114-108-38-14-23-47-128(108)146(134(114)77-88)96-60-69-102-99-32-8-17-41-117(99)138(3,4)120(102)80-96)141-136(140-122)91-28-26-30-94(72-91)144-126-45-21-12-36-106(126)112-64-53-86(75-132(112)144)89-56-67-115-109-39-15-24-48-129(109)147(135(115)78-89)97-61-70-103-100-33-9-18-42-118(100)139(5,6)121(103)81-97/h7-82H,1-6H3. The number of hydrogen-bond donors (Lipinski definition) is 0. The first kappa shape index (κ1) is 83.2. The molecular weight excluding hydrogens is 1780 g/mol. The minimum atomic E-state index is -0.152. The van der Waals surface area contributed by atoms with Crippen molar-refractivity contribution in [1.82, 2.24) is 37.4 Å². The third kappa shape index (κ3) is 12.1. The van der Waals surface area contributed by atoms with Crippen LogP contribution in [0.1, 0.15) is 74.9 Å². The van der Waals surface area contributed by atoms with E-state index in [0.717, 1.165) is 129 Å². The lowest BCUT2D eigenvalue weighted by atomic mass is 9.82. The fourth-order valence-electron chi connectivity index (χ4n) is 26.3. The van der Waals surface area contributed by atoms with E-state index in [1.807, 2.05) is 0 Å². The molecule has 0 radical (unpaired) electrons. The Kier molecular flexibility index (Phi) is 17.4. The van der Waals surface area contributed by atoms with Gasteiger partial charge < -0.3 is 27.4 Å². The summed E-state index contributed by atoms with van der Waals surface area (Å²) in [6.45, 7) is 14.2. The summed E-state index contributed by atoms with van der Waals surface area (Å²) in [6, 6.07) is 173. The van der Waals surface area contributed by atoms with Gasteiger partial charge in [-0.2, -0.15) is 0 Å². The molecule has 3 aliphatic rings. The van der Waals surface area contributed by atoms with Crippen LogP contribution in [0.5, 0.6) is 0 Å². The first-order valence-electron chi connectivity index (χ1n) is 51.3. The molecule has 0 fully saturated rings. The van der Waals surface area contributed by atoms with Crippen molar-refractivity contribution in [2.24, 2.45) is 0 Å². The lowest BCUT2D eigenvalue weighted by molar-refractivity contribution is 0.660. The molecule has 3 aliphatic carbocycles. The van der Waals surface area contributed by atoms with Gasteiger partial charge in [-0.15, -0.1) is 0 Å². The average Bonchev–Trinajstić information content (AvgIpc) is 1.56. The molecule has 31 rings (SSSR count). The van der Waals surface area contributed by atoms with E-state index in [2.05, 4.69) is 530 Å². The third-order valence-corrected chi connectivity index (χ3v) is 33.4. The van der Waals surface area contributed by atoms with E-state index in [-0.39, 0.29) is 16.2 Å². The van der Waals surface area contributed by atoms with Crippen molar-refractivity contribution in [3.05, 3.63) is 494 Å². The zero-order valence-corrected chi connectivity index (χ0v) is 82.0. The number of hydrogen-bond acceptors (Lipinski definition) is 2. The maximum absolute atomic E-state index is 5.80. The Morgan fingerprint density at radius 2 is 0.367 bits per heavy atom. The molecule has 0 aliphatic heterocycles. The van der Waals surface area contributed by atoms with Crippen LogP contribution in [0.15, 0.2) is 461 Å². The maximum atomic E-state index is 5.80. The molecule has 0 saturated carbocycles. The van der Waals surface area contributed by atoms with Crippen molar-refractivity contribution in [2.75, 3.05) is 0 Å². The van der Waals surface area contributed by atoms with E-state index in [1.54, 1.807) is 0 Å². The second kappa shape index (κ2) is 30.8. The minimum Gasteiger partial charge on any atom is -0.309 e. The van der Waals surface area contributed by atoms with E-state index >= 15 is 0 Å². The molecule has 7 heterocycles. The highest BCUT2D eigenvalue weighted by Crippen LogP contribution is 2.55. The second-order valence-corrected chi connectivity index (χ2v) is 42.3. The molecule has 7 aromatic heterocycles. The summed E-state index contributed by atoms with van der Waals surface area (Å²) >= 11 is 0. The van der Waals surface area contributed by atoms with Gasteiger partial charge in [0.1, 0.15) is 0 Å². The maximum Gasteiger partial charge on any atom is 0.160 e. The molecule has 0 bridgehead atoms. The summed E-state index contributed by atoms with van der Waals surface area (Å²) in [6.07, 6.45) is 0. The molecule has 8 heteroatoms. The Labute approximate surface area is 849 Å². The Bertz CT molecular complexity index is 10200. The average molecular weight is 1880 g/mol. The normalized spacial score (nSPS) is 13.7. The zero-order chi connectivity index (χ0) is 97.3. The van der Waals surface area contributed by atoms with Gasteiger partial charge in [-0.25, -0.2) is 9.97 Å². The van der Waals surface area contributed by atoms with Gasteiger partial charge >= 0.3 is 0 Å². The SMILES string of the molecule is CC1(C)c2ccccc2-c2ccc(-n3c4ccccc4c4ccc(-c5ccc6c7ccccc7n(-c7ccc(-c8cc(-c9cccc(-n%10c%11ccccc%11c%11ccc(-c%12ccc%13c%14ccccc%14n(-c%14ccc%15c(c%14)C(C)(C)c%14ccccc%14-%15)c%13c%12)cc%11%10)c9)nc(-c9cccc(-n%10c%11ccccc%11c%11ccc(-c%12ccc%13c%14ccccc%14n(-c%14ccc%15c(c%14)C(C)(C)c%14ccccc%14-%15)c%13c%12)cc%11%10)c9)n8)cc7)c6c5)cc43)cc21. The van der Waals surface area contributed by atoms with Crippen LogP contribution in [-0.2, 0) is 16.2 Å². The summed E-state index contributed by atoms with van der Waals surface area (Å²) in [7, 11) is 0. The highest BCUT2D eigenvalue weighted by atomic mass is 15.0. The van der Waals surface area contributed by atoms with Crippen LogP contribution in [0.2, 0.25) is 0 Å². The quantitative estimate of drug-likeness (QED) is 0.122. The Balaban J connectivity index is 0.544. The van der Waals surface area contributed by atoms with E-state index < -0.39 is 0 Å². The van der Waals surface area contributed by atoms with Gasteiger partial charge in [-0.05, 0) is 252 Å². The molecule has 8 nitrogen and oxygen atoms in total. The largest absolute Gasteiger partial charge is 0.309 e. The first-order chi connectivity index (χ1) is 72.1. The second-order valence-electron chi connectivity index (χ2n) is 42.3. The van der Waals surface area contributed by atoms with Gasteiger partial charge in [0.25, 0.3) is 0 Å². The molecule has 0 atom stereocenters. The van der Waals surface area contributed by atoms with Crippen molar-refractivity contribution < 1.29 is 0 Å². The fraction of sp³-hybridized carbons (Fsp3) is 0.0647. The molecule has 0 N–H and O–H groups in total. The number of rotatable bonds is 12. The highest BCUT2D eigenvalue weighted by Gasteiger charge is 2.40. The molecule has 690 valence electrons. The summed E-state index contributed by atoms with van der Waals surface area (Å²) in [5.41, 5.74) is 47.2. The summed E-state index contributed by atoms with van der Waals surface area (Å²) in [5.74, 6) is 0.610. The van der Waals surface area contributed by atoms with Crippen LogP contribution >= 0.6 is 0 Å². The summed E-state index contributed by atoms with van der Waals surface area (Å²) in [5, 5.41) is 14.5. The van der Waals surface area contributed by atoms with Crippen LogP contribution in [-0.4, -0.2) is 37.4 Å². The smallest absolute Gasteiger partial charge is 0.160 e. The third-order valence-electron chi connectivity index (χ3n) is 33.4. The topological polar surface area (TPSA) is 55.4 Å². The number of para-hydroxylation sites is 6. The van der Waals surface area contributed by atoms with Gasteiger partial charge in [0, 0.05) is 132 Å². The number of fused-ring (bicyclic) bond motifs is 27. The summed E-state index contributed by atoms with van der Waals surface area (Å²) < 4.78 is 14.8. The molecule has 0 saturated heterocycles. The monoisotopic (exact) mass is 1870 g/mol. The zero-order valence-electron chi connectivity index (χ0n) is 82.0. The minimum absolute atomic E-state index is 0.146. The van der Waals surface area contributed by atoms with Gasteiger partial charge in [0.15, 0.2) is 5.82 Å². The van der Waals surface area contributed by atoms with Crippen LogP contribution < -0.4 is 0 Å². The predicted octanol–water partition coefficient (Wildman–Crippen LogP) is 36.0. The fourth-order valence-corrected chi connectivity index (χ4v) is 26.3. The van der Waals surface area contributed by atoms with Crippen molar-refractivity contribution in [1.29, 1.82) is 0 Å². The lowest BCUT2D eigenvalue weighted by Crippen LogP contribution is -2.15. The number of aromatic nitrogens is 8. The van der Waals surface area contributed by atoms with Crippen molar-refractivity contribution in [3.63, 3.8) is 0 Å². The number of benzene rings is 21. The molecule has 0 unspecified atom stereocenters. The lowest BCUT2D eigenvalue weighted by Gasteiger charge is -2.22. The first-order valence-corrected chi connectivity index (χ1v) is 51.3. The van der Waals surface area contributed by atoms with Crippen LogP contribution in [0, 0.1) is 0 Å². The van der Waals surface area contributed by atoms with E-state index in [4.69, 9.17) is 9.97 Å². The van der Waals surface area contributed by atoms with Gasteiger partial charge in [-0.3, -0.25) is 0 Å². The van der Waals surface area contributed by atoms with Gasteiger partial charge in [-0.1, -0.05) is 351 Å². The molecule has 0 spiro atoms. The van der Waals surface area contributed by atoms with Crippen LogP contribution in [0.25, 0.3) is 266 Å². The molecule has 28 aromatic rings. The van der Waals surface area contributed by atoms with E-state index in [9.17, 15) is 0 Å².